The van der Waals surface area contributed by atoms with Crippen molar-refractivity contribution in [2.45, 2.75) is 59.0 Å². The van der Waals surface area contributed by atoms with E-state index in [1.807, 2.05) is 16.6 Å². The molecule has 2 aromatic heterocycles. The number of ether oxygens (including phenoxy) is 1. The number of rotatable bonds is 3. The second kappa shape index (κ2) is 5.84. The summed E-state index contributed by atoms with van der Waals surface area (Å²) < 4.78 is 7.70. The lowest BCUT2D eigenvalue weighted by Crippen LogP contribution is -2.16. The van der Waals surface area contributed by atoms with Gasteiger partial charge in [-0.25, -0.2) is 0 Å². The van der Waals surface area contributed by atoms with Crippen molar-refractivity contribution in [1.82, 2.24) is 19.8 Å². The Balaban J connectivity index is 1.73. The normalized spacial score (nSPS) is 12.8. The van der Waals surface area contributed by atoms with Crippen molar-refractivity contribution < 1.29 is 4.74 Å². The van der Waals surface area contributed by atoms with E-state index in [-0.39, 0.29) is 10.8 Å². The van der Waals surface area contributed by atoms with Crippen LogP contribution in [0, 0.1) is 0 Å². The van der Waals surface area contributed by atoms with Gasteiger partial charge >= 0.3 is 0 Å². The second-order valence-corrected chi connectivity index (χ2v) is 9.07. The summed E-state index contributed by atoms with van der Waals surface area (Å²) in [7, 11) is 0. The van der Waals surface area contributed by atoms with Gasteiger partial charge in [0, 0.05) is 5.41 Å². The monoisotopic (exact) mass is 344 g/mol. The van der Waals surface area contributed by atoms with E-state index < -0.39 is 0 Å². The molecule has 0 spiro atoms. The zero-order valence-corrected chi connectivity index (χ0v) is 15.9. The number of benzene rings is 1. The number of nitrogens with zero attached hydrogens (tertiary/aromatic N) is 4. The summed E-state index contributed by atoms with van der Waals surface area (Å²) in [4.78, 5) is 0.807. The second-order valence-electron chi connectivity index (χ2n) is 8.03. The van der Waals surface area contributed by atoms with Crippen LogP contribution >= 0.6 is 11.3 Å². The molecule has 5 nitrogen and oxygen atoms in total. The minimum atomic E-state index is -0.0889. The highest BCUT2D eigenvalue weighted by molar-refractivity contribution is 7.16. The lowest BCUT2D eigenvalue weighted by molar-refractivity contribution is 0.303. The third-order valence-corrected chi connectivity index (χ3v) is 4.66. The van der Waals surface area contributed by atoms with Crippen molar-refractivity contribution in [2.24, 2.45) is 0 Å². The van der Waals surface area contributed by atoms with Crippen molar-refractivity contribution in [1.29, 1.82) is 0 Å². The van der Waals surface area contributed by atoms with Gasteiger partial charge in [-0.3, -0.25) is 0 Å². The van der Waals surface area contributed by atoms with E-state index in [0.717, 1.165) is 21.5 Å². The predicted molar refractivity (Wildman–Crippen MR) is 96.8 cm³/mol. The summed E-state index contributed by atoms with van der Waals surface area (Å²) in [5.41, 5.74) is 1.35. The maximum atomic E-state index is 5.87. The Kier molecular flexibility index (Phi) is 4.11. The molecule has 3 aromatic rings. The molecule has 3 rings (SSSR count). The highest BCUT2D eigenvalue weighted by atomic mass is 32.1. The number of hydrogen-bond donors (Lipinski definition) is 0. The van der Waals surface area contributed by atoms with Crippen LogP contribution in [0.3, 0.4) is 0 Å². The fraction of sp³-hybridized carbons (Fsp3) is 0.500. The fourth-order valence-corrected chi connectivity index (χ4v) is 3.13. The molecule has 0 atom stereocenters. The molecule has 128 valence electrons. The Bertz CT molecular complexity index is 835. The molecular formula is C18H24N4OS. The van der Waals surface area contributed by atoms with Crippen LogP contribution in [0.15, 0.2) is 24.3 Å². The Morgan fingerprint density at radius 2 is 1.62 bits per heavy atom. The van der Waals surface area contributed by atoms with Gasteiger partial charge in [-0.2, -0.15) is 9.61 Å². The molecular weight excluding hydrogens is 320 g/mol. The van der Waals surface area contributed by atoms with Gasteiger partial charge < -0.3 is 4.74 Å². The van der Waals surface area contributed by atoms with E-state index in [4.69, 9.17) is 4.74 Å². The molecule has 0 amide bonds. The van der Waals surface area contributed by atoms with E-state index in [9.17, 15) is 0 Å². The van der Waals surface area contributed by atoms with Gasteiger partial charge in [0.15, 0.2) is 10.8 Å². The van der Waals surface area contributed by atoms with Crippen molar-refractivity contribution in [3.63, 3.8) is 0 Å². The Morgan fingerprint density at radius 1 is 0.958 bits per heavy atom. The summed E-state index contributed by atoms with van der Waals surface area (Å²) in [6, 6.07) is 8.26. The van der Waals surface area contributed by atoms with Crippen LogP contribution in [0.2, 0.25) is 0 Å². The lowest BCUT2D eigenvalue weighted by atomic mass is 9.87. The van der Waals surface area contributed by atoms with E-state index in [2.05, 4.69) is 69.0 Å². The summed E-state index contributed by atoms with van der Waals surface area (Å²) in [6.07, 6.45) is 0. The molecule has 0 saturated carbocycles. The van der Waals surface area contributed by atoms with E-state index in [1.54, 1.807) is 0 Å². The SMILES string of the molecule is CC(C)(C)c1ccc(OCc2nn3c(C(C)(C)C)nnc3s2)cc1. The van der Waals surface area contributed by atoms with Crippen molar-refractivity contribution in [3.05, 3.63) is 40.7 Å². The zero-order valence-electron chi connectivity index (χ0n) is 15.1. The Morgan fingerprint density at radius 3 is 2.21 bits per heavy atom. The average Bonchev–Trinajstić information content (AvgIpc) is 3.03. The molecule has 2 heterocycles. The van der Waals surface area contributed by atoms with Gasteiger partial charge in [-0.1, -0.05) is 65.0 Å². The highest BCUT2D eigenvalue weighted by Crippen LogP contribution is 2.26. The minimum absolute atomic E-state index is 0.0889. The topological polar surface area (TPSA) is 52.3 Å². The molecule has 0 aliphatic rings. The van der Waals surface area contributed by atoms with Gasteiger partial charge in [-0.05, 0) is 23.1 Å². The standard InChI is InChI=1S/C18H24N4OS/c1-17(2,3)12-7-9-13(10-8-12)23-11-14-21-22-15(18(4,5)6)19-20-16(22)24-14/h7-10H,11H2,1-6H3. The number of hydrogen-bond acceptors (Lipinski definition) is 5. The molecule has 6 heteroatoms. The van der Waals surface area contributed by atoms with E-state index in [1.165, 1.54) is 16.9 Å². The van der Waals surface area contributed by atoms with Crippen LogP contribution in [-0.2, 0) is 17.4 Å². The smallest absolute Gasteiger partial charge is 0.234 e. The molecule has 0 N–H and O–H groups in total. The van der Waals surface area contributed by atoms with Crippen LogP contribution in [0.5, 0.6) is 5.75 Å². The number of aromatic nitrogens is 4. The van der Waals surface area contributed by atoms with Crippen molar-refractivity contribution in [2.75, 3.05) is 0 Å². The van der Waals surface area contributed by atoms with Gasteiger partial charge in [0.25, 0.3) is 0 Å². The molecule has 0 aliphatic heterocycles. The summed E-state index contributed by atoms with van der Waals surface area (Å²) >= 11 is 1.51. The third-order valence-electron chi connectivity index (χ3n) is 3.79. The van der Waals surface area contributed by atoms with E-state index >= 15 is 0 Å². The summed E-state index contributed by atoms with van der Waals surface area (Å²) in [5.74, 6) is 1.72. The third kappa shape index (κ3) is 3.43. The molecule has 0 unspecified atom stereocenters. The first-order valence-electron chi connectivity index (χ1n) is 8.09. The molecule has 0 aliphatic carbocycles. The summed E-state index contributed by atoms with van der Waals surface area (Å²) in [5, 5.41) is 13.9. The molecule has 0 fully saturated rings. The first-order chi connectivity index (χ1) is 11.1. The van der Waals surface area contributed by atoms with Gasteiger partial charge in [0.1, 0.15) is 12.4 Å². The highest BCUT2D eigenvalue weighted by Gasteiger charge is 2.23. The Hall–Kier alpha value is -1.95. The van der Waals surface area contributed by atoms with Gasteiger partial charge in [0.2, 0.25) is 4.96 Å². The molecule has 0 radical (unpaired) electrons. The maximum absolute atomic E-state index is 5.87. The maximum Gasteiger partial charge on any atom is 0.234 e. The first-order valence-corrected chi connectivity index (χ1v) is 8.91. The van der Waals surface area contributed by atoms with Crippen LogP contribution in [-0.4, -0.2) is 19.8 Å². The largest absolute Gasteiger partial charge is 0.486 e. The summed E-state index contributed by atoms with van der Waals surface area (Å²) in [6.45, 7) is 13.4. The molecule has 0 bridgehead atoms. The first kappa shape index (κ1) is 16.9. The van der Waals surface area contributed by atoms with Crippen LogP contribution in [0.1, 0.15) is 57.9 Å². The minimum Gasteiger partial charge on any atom is -0.486 e. The average molecular weight is 344 g/mol. The predicted octanol–water partition coefficient (Wildman–Crippen LogP) is 4.36. The quantitative estimate of drug-likeness (QED) is 0.708. The van der Waals surface area contributed by atoms with Crippen LogP contribution < -0.4 is 4.74 Å². The van der Waals surface area contributed by atoms with Gasteiger partial charge in [0.05, 0.1) is 0 Å². The van der Waals surface area contributed by atoms with Crippen LogP contribution in [0.25, 0.3) is 4.96 Å². The van der Waals surface area contributed by atoms with Gasteiger partial charge in [-0.15, -0.1) is 10.2 Å². The Labute approximate surface area is 146 Å². The molecule has 1 aromatic carbocycles. The van der Waals surface area contributed by atoms with Crippen molar-refractivity contribution in [3.8, 4) is 5.75 Å². The number of fused-ring (bicyclic) bond motifs is 1. The zero-order chi connectivity index (χ0) is 17.5. The fourth-order valence-electron chi connectivity index (χ4n) is 2.38. The van der Waals surface area contributed by atoms with Crippen molar-refractivity contribution >= 4 is 16.3 Å². The molecule has 0 saturated heterocycles. The van der Waals surface area contributed by atoms with Crippen LogP contribution in [0.4, 0.5) is 0 Å². The molecule has 24 heavy (non-hydrogen) atoms. The van der Waals surface area contributed by atoms with E-state index in [0.29, 0.717) is 6.61 Å². The lowest BCUT2D eigenvalue weighted by Gasteiger charge is -2.19.